The summed E-state index contributed by atoms with van der Waals surface area (Å²) in [5.41, 5.74) is 0.902. The van der Waals surface area contributed by atoms with Gasteiger partial charge in [-0.1, -0.05) is 29.8 Å². The van der Waals surface area contributed by atoms with E-state index in [-0.39, 0.29) is 17.9 Å². The van der Waals surface area contributed by atoms with Crippen molar-refractivity contribution in [1.29, 1.82) is 0 Å². The summed E-state index contributed by atoms with van der Waals surface area (Å²) in [7, 11) is 0. The zero-order valence-corrected chi connectivity index (χ0v) is 14.3. The van der Waals surface area contributed by atoms with Crippen LogP contribution in [0.4, 0.5) is 5.69 Å². The SMILES string of the molecule is CCC(CC)(CS)CN1C(=O)COc2ccc(Br)cc21. The number of halogens is 1. The highest BCUT2D eigenvalue weighted by molar-refractivity contribution is 9.10. The lowest BCUT2D eigenvalue weighted by Gasteiger charge is -2.38. The molecule has 0 spiro atoms. The summed E-state index contributed by atoms with van der Waals surface area (Å²) in [6.45, 7) is 5.12. The van der Waals surface area contributed by atoms with Gasteiger partial charge in [0.2, 0.25) is 0 Å². The average Bonchev–Trinajstić information content (AvgIpc) is 2.47. The van der Waals surface area contributed by atoms with E-state index in [2.05, 4.69) is 42.4 Å². The van der Waals surface area contributed by atoms with Crippen LogP contribution >= 0.6 is 28.6 Å². The van der Waals surface area contributed by atoms with Gasteiger partial charge in [-0.2, -0.15) is 12.6 Å². The summed E-state index contributed by atoms with van der Waals surface area (Å²) in [5, 5.41) is 0. The molecule has 0 unspecified atom stereocenters. The van der Waals surface area contributed by atoms with Gasteiger partial charge in [-0.05, 0) is 42.2 Å². The third-order valence-corrected chi connectivity index (χ3v) is 5.36. The van der Waals surface area contributed by atoms with E-state index in [0.717, 1.165) is 34.5 Å². The number of thiol groups is 1. The molecule has 0 fully saturated rings. The summed E-state index contributed by atoms with van der Waals surface area (Å²) < 4.78 is 6.45. The van der Waals surface area contributed by atoms with Crippen LogP contribution in [0.1, 0.15) is 26.7 Å². The van der Waals surface area contributed by atoms with Gasteiger partial charge in [-0.3, -0.25) is 4.79 Å². The molecular formula is C15H20BrNO2S. The number of nitrogens with zero attached hydrogens (tertiary/aromatic N) is 1. The lowest BCUT2D eigenvalue weighted by atomic mass is 9.83. The van der Waals surface area contributed by atoms with Crippen LogP contribution in [0, 0.1) is 5.41 Å². The van der Waals surface area contributed by atoms with Crippen LogP contribution in [-0.4, -0.2) is 24.8 Å². The van der Waals surface area contributed by atoms with Gasteiger partial charge in [-0.15, -0.1) is 0 Å². The molecule has 1 aliphatic rings. The number of hydrogen-bond donors (Lipinski definition) is 1. The van der Waals surface area contributed by atoms with E-state index in [1.54, 1.807) is 0 Å². The van der Waals surface area contributed by atoms with E-state index in [1.165, 1.54) is 0 Å². The smallest absolute Gasteiger partial charge is 0.265 e. The number of hydrogen-bond acceptors (Lipinski definition) is 3. The normalized spacial score (nSPS) is 15.0. The fourth-order valence-corrected chi connectivity index (χ4v) is 3.33. The second-order valence-electron chi connectivity index (χ2n) is 5.25. The molecule has 20 heavy (non-hydrogen) atoms. The number of amides is 1. The third kappa shape index (κ3) is 2.98. The van der Waals surface area contributed by atoms with E-state index in [9.17, 15) is 4.79 Å². The first kappa shape index (κ1) is 15.7. The molecule has 1 aromatic rings. The molecule has 0 aromatic heterocycles. The topological polar surface area (TPSA) is 29.5 Å². The minimum Gasteiger partial charge on any atom is -0.482 e. The molecule has 1 heterocycles. The standard InChI is InChI=1S/C15H20BrNO2S/c1-3-15(4-2,10-20)9-17-12-7-11(16)5-6-13(12)19-8-14(17)18/h5-7,20H,3-4,8-10H2,1-2H3. The van der Waals surface area contributed by atoms with Gasteiger partial charge in [0.15, 0.2) is 6.61 Å². The van der Waals surface area contributed by atoms with Gasteiger partial charge in [0, 0.05) is 11.0 Å². The highest BCUT2D eigenvalue weighted by Gasteiger charge is 2.33. The minimum absolute atomic E-state index is 0.0173. The summed E-state index contributed by atoms with van der Waals surface area (Å²) in [4.78, 5) is 14.1. The molecule has 110 valence electrons. The predicted octanol–water partition coefficient (Wildman–Crippen LogP) is 3.91. The van der Waals surface area contributed by atoms with Crippen molar-refractivity contribution >= 4 is 40.2 Å². The quantitative estimate of drug-likeness (QED) is 0.809. The maximum absolute atomic E-state index is 12.3. The highest BCUT2D eigenvalue weighted by atomic mass is 79.9. The Kier molecular flexibility index (Phi) is 5.02. The Balaban J connectivity index is 2.36. The van der Waals surface area contributed by atoms with Crippen LogP contribution in [0.5, 0.6) is 5.75 Å². The third-order valence-electron chi connectivity index (χ3n) is 4.19. The second-order valence-corrected chi connectivity index (χ2v) is 6.48. The minimum atomic E-state index is 0.0173. The summed E-state index contributed by atoms with van der Waals surface area (Å²) >= 11 is 7.96. The van der Waals surface area contributed by atoms with Gasteiger partial charge in [0.05, 0.1) is 5.69 Å². The maximum atomic E-state index is 12.3. The first-order valence-electron chi connectivity index (χ1n) is 6.89. The molecular weight excluding hydrogens is 338 g/mol. The van der Waals surface area contributed by atoms with E-state index in [0.29, 0.717) is 6.54 Å². The van der Waals surface area contributed by atoms with Crippen LogP contribution in [0.15, 0.2) is 22.7 Å². The van der Waals surface area contributed by atoms with Gasteiger partial charge in [0.25, 0.3) is 5.91 Å². The largest absolute Gasteiger partial charge is 0.482 e. The predicted molar refractivity (Wildman–Crippen MR) is 88.9 cm³/mol. The lowest BCUT2D eigenvalue weighted by molar-refractivity contribution is -0.121. The highest BCUT2D eigenvalue weighted by Crippen LogP contribution is 2.38. The molecule has 0 saturated carbocycles. The Labute approximate surface area is 134 Å². The molecule has 0 bridgehead atoms. The summed E-state index contributed by atoms with van der Waals surface area (Å²) in [5.74, 6) is 1.56. The van der Waals surface area contributed by atoms with Crippen LogP contribution in [-0.2, 0) is 4.79 Å². The van der Waals surface area contributed by atoms with Crippen molar-refractivity contribution in [1.82, 2.24) is 0 Å². The first-order valence-corrected chi connectivity index (χ1v) is 8.31. The zero-order chi connectivity index (χ0) is 14.8. The molecule has 1 amide bonds. The number of ether oxygens (including phenoxy) is 1. The van der Waals surface area contributed by atoms with Crippen LogP contribution in [0.2, 0.25) is 0 Å². The average molecular weight is 358 g/mol. The fourth-order valence-electron chi connectivity index (χ4n) is 2.43. The lowest BCUT2D eigenvalue weighted by Crippen LogP contribution is -2.46. The molecule has 0 N–H and O–H groups in total. The number of rotatable bonds is 5. The van der Waals surface area contributed by atoms with Gasteiger partial charge >= 0.3 is 0 Å². The van der Waals surface area contributed by atoms with Gasteiger partial charge < -0.3 is 9.64 Å². The number of fused-ring (bicyclic) bond motifs is 1. The molecule has 0 radical (unpaired) electrons. The molecule has 0 saturated heterocycles. The number of carbonyl (C=O) groups excluding carboxylic acids is 1. The van der Waals surface area contributed by atoms with Crippen molar-refractivity contribution in [3.63, 3.8) is 0 Å². The number of carbonyl (C=O) groups is 1. The Morgan fingerprint density at radius 2 is 2.10 bits per heavy atom. The van der Waals surface area contributed by atoms with Crippen LogP contribution in [0.25, 0.3) is 0 Å². The fraction of sp³-hybridized carbons (Fsp3) is 0.533. The second kappa shape index (κ2) is 6.39. The molecule has 2 rings (SSSR count). The van der Waals surface area contributed by atoms with Crippen molar-refractivity contribution in [3.05, 3.63) is 22.7 Å². The Bertz CT molecular complexity index is 494. The number of anilines is 1. The van der Waals surface area contributed by atoms with Crippen molar-refractivity contribution in [2.75, 3.05) is 23.8 Å². The van der Waals surface area contributed by atoms with Gasteiger partial charge in [0.1, 0.15) is 5.75 Å². The van der Waals surface area contributed by atoms with Crippen LogP contribution in [0.3, 0.4) is 0 Å². The van der Waals surface area contributed by atoms with E-state index >= 15 is 0 Å². The van der Waals surface area contributed by atoms with E-state index in [4.69, 9.17) is 4.74 Å². The Morgan fingerprint density at radius 3 is 2.70 bits per heavy atom. The van der Waals surface area contributed by atoms with Crippen molar-refractivity contribution in [2.24, 2.45) is 5.41 Å². The van der Waals surface area contributed by atoms with Crippen LogP contribution < -0.4 is 9.64 Å². The van der Waals surface area contributed by atoms with E-state index < -0.39 is 0 Å². The van der Waals surface area contributed by atoms with Gasteiger partial charge in [-0.25, -0.2) is 0 Å². The Hall–Kier alpha value is -0.680. The molecule has 1 aromatic carbocycles. The molecule has 5 heteroatoms. The Morgan fingerprint density at radius 1 is 1.40 bits per heavy atom. The van der Waals surface area contributed by atoms with Crippen molar-refractivity contribution in [2.45, 2.75) is 26.7 Å². The monoisotopic (exact) mass is 357 g/mol. The van der Waals surface area contributed by atoms with Crippen molar-refractivity contribution in [3.8, 4) is 5.75 Å². The molecule has 0 aliphatic carbocycles. The van der Waals surface area contributed by atoms with Crippen molar-refractivity contribution < 1.29 is 9.53 Å². The first-order chi connectivity index (χ1) is 9.55. The molecule has 0 atom stereocenters. The molecule has 3 nitrogen and oxygen atoms in total. The molecule has 1 aliphatic heterocycles. The van der Waals surface area contributed by atoms with E-state index in [1.807, 2.05) is 23.1 Å². The zero-order valence-electron chi connectivity index (χ0n) is 11.9. The maximum Gasteiger partial charge on any atom is 0.265 e. The number of benzene rings is 1. The summed E-state index contributed by atoms with van der Waals surface area (Å²) in [6, 6.07) is 5.78. The summed E-state index contributed by atoms with van der Waals surface area (Å²) in [6.07, 6.45) is 2.00.